The molecule has 0 aliphatic carbocycles. The molecule has 0 saturated carbocycles. The van der Waals surface area contributed by atoms with E-state index in [1.807, 2.05) is 19.9 Å². The number of carbonyl (C=O) groups excluding carboxylic acids is 4. The molecule has 3 heterocycles. The molecular weight excluding hydrogens is 514 g/mol. The minimum atomic E-state index is -0.560. The summed E-state index contributed by atoms with van der Waals surface area (Å²) in [5.74, 6) is -0.675. The number of piperidine rings is 1. The number of hydrogen-bond acceptors (Lipinski definition) is 7. The van der Waals surface area contributed by atoms with E-state index in [0.717, 1.165) is 5.56 Å². The predicted molar refractivity (Wildman–Crippen MR) is 147 cm³/mol. The van der Waals surface area contributed by atoms with Crippen molar-refractivity contribution in [3.8, 4) is 11.5 Å². The maximum Gasteiger partial charge on any atom is 0.254 e. The molecule has 2 aliphatic rings. The van der Waals surface area contributed by atoms with E-state index in [0.29, 0.717) is 36.7 Å². The van der Waals surface area contributed by atoms with Crippen LogP contribution in [-0.2, 0) is 20.8 Å². The van der Waals surface area contributed by atoms with Crippen LogP contribution in [0.25, 0.3) is 0 Å². The number of pyridine rings is 1. The number of hydrogen-bond donors (Lipinski definition) is 2. The Labute approximate surface area is 234 Å². The lowest BCUT2D eigenvalue weighted by molar-refractivity contribution is -0.139. The molecular formula is C29H37N5O6. The highest BCUT2D eigenvalue weighted by Crippen LogP contribution is 2.37. The molecule has 2 aromatic rings. The van der Waals surface area contributed by atoms with Gasteiger partial charge in [0.25, 0.3) is 5.91 Å². The number of nitrogens with zero attached hydrogens (tertiary/aromatic N) is 3. The molecule has 4 amide bonds. The summed E-state index contributed by atoms with van der Waals surface area (Å²) in [4.78, 5) is 59.4. The van der Waals surface area contributed by atoms with Crippen LogP contribution >= 0.6 is 0 Å². The molecule has 4 rings (SSSR count). The van der Waals surface area contributed by atoms with Crippen LogP contribution in [-0.4, -0.2) is 91.4 Å². The van der Waals surface area contributed by atoms with Crippen molar-refractivity contribution >= 4 is 23.6 Å². The number of fused-ring (bicyclic) bond motifs is 1. The Kier molecular flexibility index (Phi) is 9.23. The van der Waals surface area contributed by atoms with Gasteiger partial charge in [0.2, 0.25) is 17.7 Å². The second-order valence-corrected chi connectivity index (χ2v) is 10.5. The molecule has 1 aromatic heterocycles. The topological polar surface area (TPSA) is 130 Å². The summed E-state index contributed by atoms with van der Waals surface area (Å²) in [5, 5.41) is 5.20. The van der Waals surface area contributed by atoms with Crippen molar-refractivity contribution in [2.75, 3.05) is 46.9 Å². The molecule has 214 valence electrons. The van der Waals surface area contributed by atoms with E-state index in [1.165, 1.54) is 14.2 Å². The Morgan fingerprint density at radius 3 is 2.50 bits per heavy atom. The molecule has 2 saturated heterocycles. The van der Waals surface area contributed by atoms with Crippen LogP contribution in [0.5, 0.6) is 11.5 Å². The van der Waals surface area contributed by atoms with E-state index in [2.05, 4.69) is 15.6 Å². The Morgan fingerprint density at radius 1 is 1.05 bits per heavy atom. The fourth-order valence-electron chi connectivity index (χ4n) is 5.43. The van der Waals surface area contributed by atoms with Crippen molar-refractivity contribution in [3.05, 3.63) is 53.9 Å². The van der Waals surface area contributed by atoms with Gasteiger partial charge in [-0.25, -0.2) is 0 Å². The minimum absolute atomic E-state index is 0.0487. The van der Waals surface area contributed by atoms with Crippen LogP contribution in [0.4, 0.5) is 0 Å². The van der Waals surface area contributed by atoms with Crippen molar-refractivity contribution in [1.29, 1.82) is 0 Å². The molecule has 1 aromatic carbocycles. The minimum Gasteiger partial charge on any atom is -0.493 e. The van der Waals surface area contributed by atoms with E-state index in [9.17, 15) is 19.2 Å². The number of ether oxygens (including phenoxy) is 2. The average Bonchev–Trinajstić information content (AvgIpc) is 3.39. The van der Waals surface area contributed by atoms with E-state index in [-0.39, 0.29) is 61.1 Å². The third-order valence-corrected chi connectivity index (χ3v) is 7.41. The molecule has 0 radical (unpaired) electrons. The number of nitrogens with one attached hydrogen (secondary N) is 2. The standard InChI is InChI=1S/C29H37N5O6/c1-18(2)40-24-8-7-20(11-25(24)39-4)29(38)34-15-21-14-33(27(36)10-19-6-5-9-31-12-19)17-23(22(21)16-34)28(37)32-13-26(35)30-3/h5-9,11-12,18,21-23H,10,13-17H2,1-4H3,(H,30,35)(H,32,37). The zero-order valence-corrected chi connectivity index (χ0v) is 23.4. The van der Waals surface area contributed by atoms with Gasteiger partial charge in [-0.15, -0.1) is 0 Å². The fraction of sp³-hybridized carbons (Fsp3) is 0.483. The van der Waals surface area contributed by atoms with Crippen molar-refractivity contribution in [2.24, 2.45) is 17.8 Å². The number of likely N-dealkylation sites (N-methyl/N-ethyl adjacent to an activating group) is 1. The van der Waals surface area contributed by atoms with Gasteiger partial charge in [0.05, 0.1) is 32.1 Å². The number of likely N-dealkylation sites (tertiary alicyclic amines) is 2. The van der Waals surface area contributed by atoms with Gasteiger partial charge in [0, 0.05) is 51.2 Å². The summed E-state index contributed by atoms with van der Waals surface area (Å²) in [6.45, 7) is 5.12. The number of carbonyl (C=O) groups is 4. The molecule has 40 heavy (non-hydrogen) atoms. The first-order valence-electron chi connectivity index (χ1n) is 13.5. The van der Waals surface area contributed by atoms with E-state index < -0.39 is 5.92 Å². The highest BCUT2D eigenvalue weighted by atomic mass is 16.5. The van der Waals surface area contributed by atoms with Gasteiger partial charge in [-0.2, -0.15) is 0 Å². The monoisotopic (exact) mass is 551 g/mol. The molecule has 0 spiro atoms. The Hall–Kier alpha value is -4.15. The van der Waals surface area contributed by atoms with Crippen LogP contribution < -0.4 is 20.1 Å². The second kappa shape index (κ2) is 12.8. The molecule has 3 unspecified atom stereocenters. The van der Waals surface area contributed by atoms with E-state index in [1.54, 1.807) is 46.5 Å². The second-order valence-electron chi connectivity index (χ2n) is 10.5. The first-order valence-corrected chi connectivity index (χ1v) is 13.5. The van der Waals surface area contributed by atoms with Crippen LogP contribution in [0, 0.1) is 17.8 Å². The van der Waals surface area contributed by atoms with Gasteiger partial charge in [-0.3, -0.25) is 24.2 Å². The zero-order valence-electron chi connectivity index (χ0n) is 23.4. The first-order chi connectivity index (χ1) is 19.2. The van der Waals surface area contributed by atoms with E-state index in [4.69, 9.17) is 9.47 Å². The molecule has 2 N–H and O–H groups in total. The average molecular weight is 552 g/mol. The summed E-state index contributed by atoms with van der Waals surface area (Å²) in [5.41, 5.74) is 1.24. The maximum atomic E-state index is 13.6. The lowest BCUT2D eigenvalue weighted by Gasteiger charge is -2.39. The summed E-state index contributed by atoms with van der Waals surface area (Å²) in [6.07, 6.45) is 3.43. The number of methoxy groups -OCH3 is 1. The van der Waals surface area contributed by atoms with Crippen molar-refractivity contribution in [1.82, 2.24) is 25.4 Å². The fourth-order valence-corrected chi connectivity index (χ4v) is 5.43. The van der Waals surface area contributed by atoms with Gasteiger partial charge in [0.15, 0.2) is 11.5 Å². The molecule has 3 atom stereocenters. The Morgan fingerprint density at radius 2 is 1.82 bits per heavy atom. The van der Waals surface area contributed by atoms with Crippen molar-refractivity contribution < 1.29 is 28.7 Å². The van der Waals surface area contributed by atoms with Crippen molar-refractivity contribution in [2.45, 2.75) is 26.4 Å². The first kappa shape index (κ1) is 28.8. The lowest BCUT2D eigenvalue weighted by Crippen LogP contribution is -2.54. The molecule has 2 aliphatic heterocycles. The smallest absolute Gasteiger partial charge is 0.254 e. The summed E-state index contributed by atoms with van der Waals surface area (Å²) in [7, 11) is 3.03. The van der Waals surface area contributed by atoms with Crippen LogP contribution in [0.1, 0.15) is 29.8 Å². The maximum absolute atomic E-state index is 13.6. The largest absolute Gasteiger partial charge is 0.493 e. The van der Waals surface area contributed by atoms with Crippen LogP contribution in [0.2, 0.25) is 0 Å². The lowest BCUT2D eigenvalue weighted by atomic mass is 9.79. The Balaban J connectivity index is 1.53. The van der Waals surface area contributed by atoms with Gasteiger partial charge < -0.3 is 29.9 Å². The SMILES string of the molecule is CNC(=O)CNC(=O)C1CN(C(=O)Cc2cccnc2)CC2CN(C(=O)c3ccc(OC(C)C)c(OC)c3)CC21. The quantitative estimate of drug-likeness (QED) is 0.478. The van der Waals surface area contributed by atoms with Gasteiger partial charge in [0.1, 0.15) is 0 Å². The highest BCUT2D eigenvalue weighted by molar-refractivity contribution is 5.95. The van der Waals surface area contributed by atoms with Gasteiger partial charge >= 0.3 is 0 Å². The molecule has 11 nitrogen and oxygen atoms in total. The Bertz CT molecular complexity index is 1240. The van der Waals surface area contributed by atoms with E-state index >= 15 is 0 Å². The van der Waals surface area contributed by atoms with Crippen LogP contribution in [0.3, 0.4) is 0 Å². The number of aromatic nitrogens is 1. The highest BCUT2D eigenvalue weighted by Gasteiger charge is 2.47. The number of rotatable bonds is 9. The predicted octanol–water partition coefficient (Wildman–Crippen LogP) is 1.13. The summed E-state index contributed by atoms with van der Waals surface area (Å²) in [6, 6.07) is 8.72. The third-order valence-electron chi connectivity index (χ3n) is 7.41. The number of amides is 4. The molecule has 0 bridgehead atoms. The zero-order chi connectivity index (χ0) is 28.8. The molecule has 2 fully saturated rings. The normalized spacial score (nSPS) is 20.1. The summed E-state index contributed by atoms with van der Waals surface area (Å²) < 4.78 is 11.2. The number of benzene rings is 1. The summed E-state index contributed by atoms with van der Waals surface area (Å²) >= 11 is 0. The van der Waals surface area contributed by atoms with Gasteiger partial charge in [-0.1, -0.05) is 6.07 Å². The molecule has 11 heteroatoms. The third kappa shape index (κ3) is 6.70. The van der Waals surface area contributed by atoms with Crippen LogP contribution in [0.15, 0.2) is 42.7 Å². The van der Waals surface area contributed by atoms with Gasteiger partial charge in [-0.05, 0) is 55.5 Å². The van der Waals surface area contributed by atoms with Crippen molar-refractivity contribution in [3.63, 3.8) is 0 Å².